The van der Waals surface area contributed by atoms with Gasteiger partial charge < -0.3 is 15.2 Å². The van der Waals surface area contributed by atoms with Gasteiger partial charge in [-0.15, -0.1) is 0 Å². The Labute approximate surface area is 77.7 Å². The van der Waals surface area contributed by atoms with E-state index in [4.69, 9.17) is 9.84 Å². The molecule has 1 heterocycles. The molecule has 1 amide bonds. The van der Waals surface area contributed by atoms with E-state index in [1.54, 1.807) is 7.11 Å². The first-order valence-corrected chi connectivity index (χ1v) is 4.47. The summed E-state index contributed by atoms with van der Waals surface area (Å²) in [6, 6.07) is 0. The number of nitrogens with zero attached hydrogens (tertiary/aromatic N) is 1. The topological polar surface area (TPSA) is 61.8 Å². The standard InChI is InChI=1S/C8H16N2O3/c1-13-7-3-2-5-10(7)6-4-9-8(11)12/h7,9H,2-6H2,1H3,(H,11,12)/t7-/m1/s1. The number of hydrogen-bond donors (Lipinski definition) is 2. The van der Waals surface area contributed by atoms with Gasteiger partial charge in [-0.1, -0.05) is 0 Å². The third kappa shape index (κ3) is 3.20. The maximum absolute atomic E-state index is 10.2. The lowest BCUT2D eigenvalue weighted by atomic mass is 10.4. The van der Waals surface area contributed by atoms with Gasteiger partial charge in [-0.05, 0) is 12.8 Å². The predicted octanol–water partition coefficient (Wildman–Crippen LogP) is 0.322. The summed E-state index contributed by atoms with van der Waals surface area (Å²) < 4.78 is 5.23. The summed E-state index contributed by atoms with van der Waals surface area (Å²) >= 11 is 0. The van der Waals surface area contributed by atoms with Gasteiger partial charge in [0.25, 0.3) is 0 Å². The van der Waals surface area contributed by atoms with E-state index in [0.717, 1.165) is 25.9 Å². The number of nitrogens with one attached hydrogen (secondary N) is 1. The number of methoxy groups -OCH3 is 1. The van der Waals surface area contributed by atoms with E-state index < -0.39 is 6.09 Å². The van der Waals surface area contributed by atoms with Crippen molar-refractivity contribution in [3.63, 3.8) is 0 Å². The molecule has 13 heavy (non-hydrogen) atoms. The molecule has 1 fully saturated rings. The molecule has 0 aromatic carbocycles. The third-order valence-electron chi connectivity index (χ3n) is 2.25. The molecule has 0 spiro atoms. The normalized spacial score (nSPS) is 23.3. The predicted molar refractivity (Wildman–Crippen MR) is 47.6 cm³/mol. The average Bonchev–Trinajstić information content (AvgIpc) is 2.51. The zero-order valence-electron chi connectivity index (χ0n) is 7.82. The Morgan fingerprint density at radius 2 is 2.54 bits per heavy atom. The van der Waals surface area contributed by atoms with Crippen molar-refractivity contribution < 1.29 is 14.6 Å². The summed E-state index contributed by atoms with van der Waals surface area (Å²) in [5.74, 6) is 0. The monoisotopic (exact) mass is 188 g/mol. The summed E-state index contributed by atoms with van der Waals surface area (Å²) in [5, 5.41) is 10.7. The second kappa shape index (κ2) is 5.04. The Bertz CT molecular complexity index is 175. The molecule has 5 heteroatoms. The highest BCUT2D eigenvalue weighted by Crippen LogP contribution is 2.16. The minimum absolute atomic E-state index is 0.176. The van der Waals surface area contributed by atoms with Crippen LogP contribution in [-0.4, -0.2) is 49.1 Å². The fourth-order valence-corrected chi connectivity index (χ4v) is 1.62. The number of carboxylic acid groups (broad SMARTS) is 1. The lowest BCUT2D eigenvalue weighted by molar-refractivity contribution is -0.00279. The molecule has 0 saturated carbocycles. The fourth-order valence-electron chi connectivity index (χ4n) is 1.62. The molecule has 0 aromatic rings. The minimum Gasteiger partial charge on any atom is -0.465 e. The van der Waals surface area contributed by atoms with Gasteiger partial charge >= 0.3 is 6.09 Å². The average molecular weight is 188 g/mol. The SMILES string of the molecule is CO[C@@H]1CCCN1CCNC(=O)O. The summed E-state index contributed by atoms with van der Waals surface area (Å²) in [5.41, 5.74) is 0. The maximum Gasteiger partial charge on any atom is 0.404 e. The highest BCUT2D eigenvalue weighted by atomic mass is 16.5. The Morgan fingerprint density at radius 3 is 3.15 bits per heavy atom. The quantitative estimate of drug-likeness (QED) is 0.667. The molecule has 0 radical (unpaired) electrons. The first kappa shape index (κ1) is 10.3. The van der Waals surface area contributed by atoms with Crippen LogP contribution in [0.15, 0.2) is 0 Å². The van der Waals surface area contributed by atoms with Crippen molar-refractivity contribution >= 4 is 6.09 Å². The van der Waals surface area contributed by atoms with Crippen LogP contribution in [0.25, 0.3) is 0 Å². The molecule has 0 aromatic heterocycles. The maximum atomic E-state index is 10.2. The van der Waals surface area contributed by atoms with Gasteiger partial charge in [-0.2, -0.15) is 0 Å². The van der Waals surface area contributed by atoms with Gasteiger partial charge in [0.2, 0.25) is 0 Å². The van der Waals surface area contributed by atoms with Gasteiger partial charge in [-0.3, -0.25) is 4.90 Å². The summed E-state index contributed by atoms with van der Waals surface area (Å²) in [6.07, 6.45) is 1.39. The van der Waals surface area contributed by atoms with Crippen molar-refractivity contribution in [3.05, 3.63) is 0 Å². The number of carbonyl (C=O) groups is 1. The van der Waals surface area contributed by atoms with E-state index in [9.17, 15) is 4.79 Å². The number of rotatable bonds is 4. The summed E-state index contributed by atoms with van der Waals surface area (Å²) in [6.45, 7) is 2.19. The molecule has 5 nitrogen and oxygen atoms in total. The molecular weight excluding hydrogens is 172 g/mol. The first-order chi connectivity index (χ1) is 6.24. The minimum atomic E-state index is -0.965. The van der Waals surface area contributed by atoms with E-state index in [2.05, 4.69) is 10.2 Å². The molecule has 0 bridgehead atoms. The van der Waals surface area contributed by atoms with E-state index >= 15 is 0 Å². The van der Waals surface area contributed by atoms with Crippen LogP contribution in [0.3, 0.4) is 0 Å². The van der Waals surface area contributed by atoms with Crippen molar-refractivity contribution in [1.82, 2.24) is 10.2 Å². The second-order valence-corrected chi connectivity index (χ2v) is 3.10. The molecule has 1 aliphatic heterocycles. The van der Waals surface area contributed by atoms with Crippen LogP contribution in [-0.2, 0) is 4.74 Å². The van der Waals surface area contributed by atoms with Gasteiger partial charge in [0.1, 0.15) is 6.23 Å². The Morgan fingerprint density at radius 1 is 1.77 bits per heavy atom. The smallest absolute Gasteiger partial charge is 0.404 e. The zero-order valence-corrected chi connectivity index (χ0v) is 7.82. The second-order valence-electron chi connectivity index (χ2n) is 3.10. The highest BCUT2D eigenvalue weighted by Gasteiger charge is 2.23. The van der Waals surface area contributed by atoms with E-state index in [1.165, 1.54) is 0 Å². The molecule has 1 aliphatic rings. The van der Waals surface area contributed by atoms with Crippen molar-refractivity contribution in [1.29, 1.82) is 0 Å². The molecule has 2 N–H and O–H groups in total. The molecule has 1 rings (SSSR count). The first-order valence-electron chi connectivity index (χ1n) is 4.47. The summed E-state index contributed by atoms with van der Waals surface area (Å²) in [7, 11) is 1.69. The molecule has 1 atom stereocenters. The van der Waals surface area contributed by atoms with Crippen LogP contribution < -0.4 is 5.32 Å². The van der Waals surface area contributed by atoms with E-state index in [0.29, 0.717) is 6.54 Å². The van der Waals surface area contributed by atoms with Crippen molar-refractivity contribution in [2.75, 3.05) is 26.7 Å². The van der Waals surface area contributed by atoms with Crippen molar-refractivity contribution in [3.8, 4) is 0 Å². The van der Waals surface area contributed by atoms with Crippen molar-refractivity contribution in [2.24, 2.45) is 0 Å². The summed E-state index contributed by atoms with van der Waals surface area (Å²) in [4.78, 5) is 12.3. The van der Waals surface area contributed by atoms with E-state index in [1.807, 2.05) is 0 Å². The Balaban J connectivity index is 2.16. The number of hydrogen-bond acceptors (Lipinski definition) is 3. The molecule has 0 unspecified atom stereocenters. The lowest BCUT2D eigenvalue weighted by Crippen LogP contribution is -2.37. The van der Waals surface area contributed by atoms with Gasteiger partial charge in [-0.25, -0.2) is 4.79 Å². The number of likely N-dealkylation sites (tertiary alicyclic amines) is 1. The molecule has 76 valence electrons. The van der Waals surface area contributed by atoms with Crippen molar-refractivity contribution in [2.45, 2.75) is 19.1 Å². The van der Waals surface area contributed by atoms with Gasteiger partial charge in [0, 0.05) is 26.7 Å². The van der Waals surface area contributed by atoms with Crippen LogP contribution in [0.2, 0.25) is 0 Å². The fraction of sp³-hybridized carbons (Fsp3) is 0.875. The van der Waals surface area contributed by atoms with E-state index in [-0.39, 0.29) is 6.23 Å². The highest BCUT2D eigenvalue weighted by molar-refractivity contribution is 5.64. The van der Waals surface area contributed by atoms with Crippen LogP contribution in [0.5, 0.6) is 0 Å². The third-order valence-corrected chi connectivity index (χ3v) is 2.25. The van der Waals surface area contributed by atoms with Crippen LogP contribution in [0.4, 0.5) is 4.79 Å². The largest absolute Gasteiger partial charge is 0.465 e. The van der Waals surface area contributed by atoms with Gasteiger partial charge in [0.15, 0.2) is 0 Å². The lowest BCUT2D eigenvalue weighted by Gasteiger charge is -2.22. The molecule has 1 saturated heterocycles. The molecule has 0 aliphatic carbocycles. The number of ether oxygens (including phenoxy) is 1. The Hall–Kier alpha value is -0.810. The van der Waals surface area contributed by atoms with Crippen LogP contribution in [0.1, 0.15) is 12.8 Å². The zero-order chi connectivity index (χ0) is 9.68. The number of amides is 1. The van der Waals surface area contributed by atoms with Crippen LogP contribution >= 0.6 is 0 Å². The van der Waals surface area contributed by atoms with Gasteiger partial charge in [0.05, 0.1) is 0 Å². The Kier molecular flexibility index (Phi) is 3.98. The molecular formula is C8H16N2O3. The van der Waals surface area contributed by atoms with Crippen LogP contribution in [0, 0.1) is 0 Å².